The molecule has 2 rings (SSSR count). The molecule has 0 bridgehead atoms. The zero-order chi connectivity index (χ0) is 16.9. The summed E-state index contributed by atoms with van der Waals surface area (Å²) in [4.78, 5) is 11.4. The molecule has 0 saturated carbocycles. The van der Waals surface area contributed by atoms with Crippen LogP contribution in [0.4, 0.5) is 5.69 Å². The van der Waals surface area contributed by atoms with Gasteiger partial charge in [-0.05, 0) is 35.9 Å². The van der Waals surface area contributed by atoms with Crippen molar-refractivity contribution in [2.24, 2.45) is 0 Å². The second kappa shape index (κ2) is 7.11. The lowest BCUT2D eigenvalue weighted by Crippen LogP contribution is -2.26. The fourth-order valence-corrected chi connectivity index (χ4v) is 3.14. The average Bonchev–Trinajstić information content (AvgIpc) is 2.60. The number of sulfonamides is 1. The van der Waals surface area contributed by atoms with Crippen molar-refractivity contribution in [3.05, 3.63) is 66.2 Å². The maximum atomic E-state index is 12.6. The van der Waals surface area contributed by atoms with E-state index < -0.39 is 10.0 Å². The highest BCUT2D eigenvalue weighted by Crippen LogP contribution is 2.22. The molecule has 0 atom stereocenters. The fourth-order valence-electron chi connectivity index (χ4n) is 1.94. The Bertz CT molecular complexity index is 797. The summed E-state index contributed by atoms with van der Waals surface area (Å²) in [6.07, 6.45) is 3.01. The Hall–Kier alpha value is -2.60. The van der Waals surface area contributed by atoms with E-state index in [1.54, 1.807) is 49.5 Å². The Kier molecular flexibility index (Phi) is 5.18. The van der Waals surface area contributed by atoms with Gasteiger partial charge in [-0.2, -0.15) is 0 Å². The van der Waals surface area contributed by atoms with Gasteiger partial charge in [0.2, 0.25) is 5.91 Å². The van der Waals surface area contributed by atoms with Crippen LogP contribution in [0.5, 0.6) is 0 Å². The molecule has 0 aliphatic carbocycles. The van der Waals surface area contributed by atoms with Crippen LogP contribution in [0.1, 0.15) is 5.56 Å². The van der Waals surface area contributed by atoms with Crippen molar-refractivity contribution < 1.29 is 13.2 Å². The van der Waals surface area contributed by atoms with Crippen LogP contribution in [0.3, 0.4) is 0 Å². The van der Waals surface area contributed by atoms with Crippen molar-refractivity contribution in [1.29, 1.82) is 0 Å². The van der Waals surface area contributed by atoms with Crippen LogP contribution in [0.25, 0.3) is 6.08 Å². The molecule has 0 unspecified atom stereocenters. The van der Waals surface area contributed by atoms with E-state index in [0.717, 1.165) is 5.56 Å². The van der Waals surface area contributed by atoms with Gasteiger partial charge in [0.05, 0.1) is 10.6 Å². The molecule has 2 aromatic rings. The van der Waals surface area contributed by atoms with Gasteiger partial charge in [0, 0.05) is 20.2 Å². The van der Waals surface area contributed by atoms with Crippen molar-refractivity contribution in [3.8, 4) is 0 Å². The molecule has 2 aromatic carbocycles. The third-order valence-corrected chi connectivity index (χ3v) is 5.13. The van der Waals surface area contributed by atoms with Gasteiger partial charge in [-0.15, -0.1) is 0 Å². The van der Waals surface area contributed by atoms with Crippen LogP contribution < -0.4 is 9.62 Å². The molecular formula is C17H18N2O3S. The molecule has 0 saturated heterocycles. The molecule has 0 fully saturated rings. The number of amides is 1. The van der Waals surface area contributed by atoms with Gasteiger partial charge in [0.15, 0.2) is 0 Å². The lowest BCUT2D eigenvalue weighted by Gasteiger charge is -2.19. The van der Waals surface area contributed by atoms with E-state index in [4.69, 9.17) is 0 Å². The van der Waals surface area contributed by atoms with E-state index in [9.17, 15) is 13.2 Å². The van der Waals surface area contributed by atoms with Gasteiger partial charge in [0.25, 0.3) is 10.0 Å². The van der Waals surface area contributed by atoms with Crippen molar-refractivity contribution in [2.75, 3.05) is 18.4 Å². The lowest BCUT2D eigenvalue weighted by molar-refractivity contribution is -0.115. The number of benzene rings is 2. The molecule has 0 aliphatic rings. The number of rotatable bonds is 5. The zero-order valence-electron chi connectivity index (χ0n) is 12.9. The summed E-state index contributed by atoms with van der Waals surface area (Å²) >= 11 is 0. The second-order valence-electron chi connectivity index (χ2n) is 4.82. The van der Waals surface area contributed by atoms with E-state index in [-0.39, 0.29) is 10.8 Å². The molecule has 23 heavy (non-hydrogen) atoms. The minimum atomic E-state index is -3.61. The SMILES string of the molecule is CNC(=O)/C=C/c1ccc(S(=O)(=O)N(C)c2ccccc2)cc1. The van der Waals surface area contributed by atoms with Crippen LogP contribution in [0, 0.1) is 0 Å². The molecular weight excluding hydrogens is 312 g/mol. The van der Waals surface area contributed by atoms with E-state index in [1.165, 1.54) is 29.6 Å². The molecule has 1 N–H and O–H groups in total. The minimum absolute atomic E-state index is 0.195. The molecule has 0 aliphatic heterocycles. The number of nitrogens with one attached hydrogen (secondary N) is 1. The summed E-state index contributed by atoms with van der Waals surface area (Å²) in [5.74, 6) is -0.217. The number of hydrogen-bond acceptors (Lipinski definition) is 3. The number of para-hydroxylation sites is 1. The molecule has 6 heteroatoms. The summed E-state index contributed by atoms with van der Waals surface area (Å²) in [5, 5.41) is 2.48. The second-order valence-corrected chi connectivity index (χ2v) is 6.79. The first-order valence-corrected chi connectivity index (χ1v) is 8.43. The van der Waals surface area contributed by atoms with Crippen molar-refractivity contribution in [1.82, 2.24) is 5.32 Å². The number of carbonyl (C=O) groups excluding carboxylic acids is 1. The molecule has 0 radical (unpaired) electrons. The van der Waals surface area contributed by atoms with Gasteiger partial charge < -0.3 is 5.32 Å². The summed E-state index contributed by atoms with van der Waals surface area (Å²) in [6.45, 7) is 0. The Morgan fingerprint density at radius 3 is 2.22 bits per heavy atom. The highest BCUT2D eigenvalue weighted by molar-refractivity contribution is 7.92. The predicted molar refractivity (Wildman–Crippen MR) is 91.6 cm³/mol. The summed E-state index contributed by atoms with van der Waals surface area (Å²) < 4.78 is 26.4. The van der Waals surface area contributed by atoms with Crippen molar-refractivity contribution >= 4 is 27.7 Å². The van der Waals surface area contributed by atoms with Gasteiger partial charge >= 0.3 is 0 Å². The quantitative estimate of drug-likeness (QED) is 0.855. The number of carbonyl (C=O) groups is 1. The van der Waals surface area contributed by atoms with Crippen LogP contribution in [0.2, 0.25) is 0 Å². The van der Waals surface area contributed by atoms with Crippen LogP contribution in [-0.2, 0) is 14.8 Å². The topological polar surface area (TPSA) is 66.5 Å². The third-order valence-electron chi connectivity index (χ3n) is 3.33. The van der Waals surface area contributed by atoms with E-state index in [1.807, 2.05) is 6.07 Å². The molecule has 0 aromatic heterocycles. The number of hydrogen-bond donors (Lipinski definition) is 1. The van der Waals surface area contributed by atoms with Crippen LogP contribution in [0.15, 0.2) is 65.6 Å². The Morgan fingerprint density at radius 1 is 1.04 bits per heavy atom. The monoisotopic (exact) mass is 330 g/mol. The fraction of sp³-hybridized carbons (Fsp3) is 0.118. The maximum absolute atomic E-state index is 12.6. The summed E-state index contributed by atoms with van der Waals surface area (Å²) in [6, 6.07) is 15.2. The maximum Gasteiger partial charge on any atom is 0.264 e. The third kappa shape index (κ3) is 3.98. The van der Waals surface area contributed by atoms with Gasteiger partial charge in [-0.3, -0.25) is 9.10 Å². The first kappa shape index (κ1) is 16.8. The molecule has 120 valence electrons. The minimum Gasteiger partial charge on any atom is -0.356 e. The van der Waals surface area contributed by atoms with Crippen molar-refractivity contribution in [3.63, 3.8) is 0 Å². The van der Waals surface area contributed by atoms with E-state index in [2.05, 4.69) is 5.32 Å². The Morgan fingerprint density at radius 2 is 1.65 bits per heavy atom. The van der Waals surface area contributed by atoms with E-state index >= 15 is 0 Å². The Labute approximate surface area is 136 Å². The number of likely N-dealkylation sites (N-methyl/N-ethyl adjacent to an activating group) is 1. The zero-order valence-corrected chi connectivity index (χ0v) is 13.7. The van der Waals surface area contributed by atoms with Gasteiger partial charge in [-0.25, -0.2) is 8.42 Å². The lowest BCUT2D eigenvalue weighted by atomic mass is 10.2. The van der Waals surface area contributed by atoms with Crippen molar-refractivity contribution in [2.45, 2.75) is 4.90 Å². The van der Waals surface area contributed by atoms with Crippen LogP contribution >= 0.6 is 0 Å². The first-order chi connectivity index (χ1) is 10.9. The largest absolute Gasteiger partial charge is 0.356 e. The highest BCUT2D eigenvalue weighted by Gasteiger charge is 2.20. The molecule has 1 amide bonds. The number of nitrogens with zero attached hydrogens (tertiary/aromatic N) is 1. The van der Waals surface area contributed by atoms with Gasteiger partial charge in [-0.1, -0.05) is 30.3 Å². The molecule has 5 nitrogen and oxygen atoms in total. The smallest absolute Gasteiger partial charge is 0.264 e. The Balaban J connectivity index is 2.24. The normalized spacial score (nSPS) is 11.4. The van der Waals surface area contributed by atoms with Crippen LogP contribution in [-0.4, -0.2) is 28.4 Å². The molecule has 0 heterocycles. The molecule has 0 spiro atoms. The van der Waals surface area contributed by atoms with E-state index in [0.29, 0.717) is 5.69 Å². The predicted octanol–water partition coefficient (Wildman–Crippen LogP) is 2.27. The standard InChI is InChI=1S/C17H18N2O3S/c1-18-17(20)13-10-14-8-11-16(12-9-14)23(21,22)19(2)15-6-4-3-5-7-15/h3-13H,1-2H3,(H,18,20)/b13-10+. The first-order valence-electron chi connectivity index (χ1n) is 6.99. The highest BCUT2D eigenvalue weighted by atomic mass is 32.2. The van der Waals surface area contributed by atoms with Gasteiger partial charge in [0.1, 0.15) is 0 Å². The summed E-state index contributed by atoms with van der Waals surface area (Å²) in [7, 11) is -0.553. The average molecular weight is 330 g/mol. The number of anilines is 1. The summed E-state index contributed by atoms with van der Waals surface area (Å²) in [5.41, 5.74) is 1.34.